The van der Waals surface area contributed by atoms with Gasteiger partial charge in [0.1, 0.15) is 24.4 Å². The number of aromatic nitrogens is 3. The lowest BCUT2D eigenvalue weighted by atomic mass is 10.1. The van der Waals surface area contributed by atoms with Gasteiger partial charge in [0.25, 0.3) is 5.91 Å². The fraction of sp³-hybridized carbons (Fsp3) is 0.130. The highest BCUT2D eigenvalue weighted by atomic mass is 16.5. The van der Waals surface area contributed by atoms with Crippen LogP contribution in [0.1, 0.15) is 39.2 Å². The van der Waals surface area contributed by atoms with Crippen molar-refractivity contribution >= 4 is 17.6 Å². The number of carbonyl (C=O) groups excluding carboxylic acids is 2. The van der Waals surface area contributed by atoms with E-state index in [1.54, 1.807) is 47.4 Å². The molecule has 2 aromatic heterocycles. The van der Waals surface area contributed by atoms with Crippen LogP contribution in [0.4, 0.5) is 5.95 Å². The van der Waals surface area contributed by atoms with Crippen LogP contribution < -0.4 is 10.1 Å². The van der Waals surface area contributed by atoms with Crippen molar-refractivity contribution in [2.75, 3.05) is 5.32 Å². The standard InChI is InChI=1S/C23H20N4O4/c1-16(28)18-7-9-19(10-8-18)30-14-20-11-12-21(31-20)22(29)25-23-24-15-27(26-23)13-17-5-3-2-4-6-17/h2-12,15H,13-14H2,1H3,(H,25,26,29). The zero-order valence-corrected chi connectivity index (χ0v) is 16.8. The predicted molar refractivity (Wildman–Crippen MR) is 113 cm³/mol. The third-order valence-corrected chi connectivity index (χ3v) is 4.48. The van der Waals surface area contributed by atoms with Gasteiger partial charge in [-0.25, -0.2) is 9.67 Å². The second kappa shape index (κ2) is 9.08. The van der Waals surface area contributed by atoms with Crippen LogP contribution in [0.25, 0.3) is 0 Å². The molecule has 0 saturated heterocycles. The van der Waals surface area contributed by atoms with Crippen LogP contribution in [0.15, 0.2) is 77.5 Å². The average molecular weight is 416 g/mol. The molecular weight excluding hydrogens is 396 g/mol. The van der Waals surface area contributed by atoms with Crippen molar-refractivity contribution in [3.05, 3.63) is 95.7 Å². The molecule has 1 N–H and O–H groups in total. The minimum absolute atomic E-state index is 0.00683. The number of carbonyl (C=O) groups is 2. The van der Waals surface area contributed by atoms with Crippen LogP contribution in [0, 0.1) is 0 Å². The van der Waals surface area contributed by atoms with Crippen LogP contribution in [-0.4, -0.2) is 26.5 Å². The molecule has 1 amide bonds. The summed E-state index contributed by atoms with van der Waals surface area (Å²) in [6.45, 7) is 2.21. The number of anilines is 1. The Morgan fingerprint density at radius 3 is 2.55 bits per heavy atom. The van der Waals surface area contributed by atoms with Crippen molar-refractivity contribution in [1.82, 2.24) is 14.8 Å². The van der Waals surface area contributed by atoms with Gasteiger partial charge in [-0.1, -0.05) is 30.3 Å². The molecule has 2 aromatic carbocycles. The van der Waals surface area contributed by atoms with E-state index >= 15 is 0 Å². The van der Waals surface area contributed by atoms with E-state index in [0.717, 1.165) is 5.56 Å². The summed E-state index contributed by atoms with van der Waals surface area (Å²) in [6, 6.07) is 19.9. The molecule has 31 heavy (non-hydrogen) atoms. The summed E-state index contributed by atoms with van der Waals surface area (Å²) < 4.78 is 12.8. The zero-order chi connectivity index (χ0) is 21.6. The number of furan rings is 1. The number of rotatable bonds is 8. The topological polar surface area (TPSA) is 99.2 Å². The Kier molecular flexibility index (Phi) is 5.89. The lowest BCUT2D eigenvalue weighted by Gasteiger charge is -2.04. The van der Waals surface area contributed by atoms with Gasteiger partial charge in [0.05, 0.1) is 6.54 Å². The summed E-state index contributed by atoms with van der Waals surface area (Å²) in [4.78, 5) is 27.8. The smallest absolute Gasteiger partial charge is 0.293 e. The highest BCUT2D eigenvalue weighted by Crippen LogP contribution is 2.16. The van der Waals surface area contributed by atoms with E-state index < -0.39 is 5.91 Å². The monoisotopic (exact) mass is 416 g/mol. The average Bonchev–Trinajstić information content (AvgIpc) is 3.43. The number of hydrogen-bond donors (Lipinski definition) is 1. The molecule has 0 radical (unpaired) electrons. The van der Waals surface area contributed by atoms with E-state index in [1.165, 1.54) is 6.92 Å². The normalized spacial score (nSPS) is 10.6. The summed E-state index contributed by atoms with van der Waals surface area (Å²) in [5, 5.41) is 6.88. The molecular formula is C23H20N4O4. The van der Waals surface area contributed by atoms with Crippen molar-refractivity contribution in [2.45, 2.75) is 20.1 Å². The number of ketones is 1. The first-order valence-electron chi connectivity index (χ1n) is 9.64. The number of nitrogens with zero attached hydrogens (tertiary/aromatic N) is 3. The molecule has 4 aromatic rings. The molecule has 8 heteroatoms. The Balaban J connectivity index is 1.31. The first kappa shape index (κ1) is 20.1. The maximum Gasteiger partial charge on any atom is 0.293 e. The molecule has 0 unspecified atom stereocenters. The van der Waals surface area contributed by atoms with E-state index in [-0.39, 0.29) is 24.1 Å². The Labute approximate surface area is 178 Å². The van der Waals surface area contributed by atoms with Crippen LogP contribution in [0.2, 0.25) is 0 Å². The molecule has 0 aliphatic rings. The second-order valence-electron chi connectivity index (χ2n) is 6.84. The number of nitrogens with one attached hydrogen (secondary N) is 1. The summed E-state index contributed by atoms with van der Waals surface area (Å²) in [6.07, 6.45) is 1.56. The van der Waals surface area contributed by atoms with Crippen molar-refractivity contribution in [3.63, 3.8) is 0 Å². The molecule has 156 valence electrons. The number of ether oxygens (including phenoxy) is 1. The number of Topliss-reactive ketones (excluding diaryl/α,β-unsaturated/α-hetero) is 1. The van der Waals surface area contributed by atoms with Gasteiger partial charge in [-0.05, 0) is 48.9 Å². The van der Waals surface area contributed by atoms with E-state index in [4.69, 9.17) is 9.15 Å². The quantitative estimate of drug-likeness (QED) is 0.437. The molecule has 0 aliphatic carbocycles. The highest BCUT2D eigenvalue weighted by Gasteiger charge is 2.14. The number of benzene rings is 2. The van der Waals surface area contributed by atoms with Crippen molar-refractivity contribution < 1.29 is 18.7 Å². The second-order valence-corrected chi connectivity index (χ2v) is 6.84. The molecule has 8 nitrogen and oxygen atoms in total. The van der Waals surface area contributed by atoms with Crippen LogP contribution in [0.5, 0.6) is 5.75 Å². The van der Waals surface area contributed by atoms with Gasteiger partial charge in [0.2, 0.25) is 5.95 Å². The van der Waals surface area contributed by atoms with Gasteiger partial charge in [0, 0.05) is 5.56 Å². The van der Waals surface area contributed by atoms with Crippen LogP contribution in [-0.2, 0) is 13.2 Å². The van der Waals surface area contributed by atoms with Gasteiger partial charge in [-0.15, -0.1) is 5.10 Å². The van der Waals surface area contributed by atoms with Crippen molar-refractivity contribution in [1.29, 1.82) is 0 Å². The van der Waals surface area contributed by atoms with E-state index in [2.05, 4.69) is 15.4 Å². The maximum absolute atomic E-state index is 12.4. The third-order valence-electron chi connectivity index (χ3n) is 4.48. The third kappa shape index (κ3) is 5.24. The van der Waals surface area contributed by atoms with Gasteiger partial charge in [0.15, 0.2) is 11.5 Å². The molecule has 0 spiro atoms. The van der Waals surface area contributed by atoms with Crippen LogP contribution >= 0.6 is 0 Å². The Morgan fingerprint density at radius 2 is 1.81 bits per heavy atom. The zero-order valence-electron chi connectivity index (χ0n) is 16.8. The predicted octanol–water partition coefficient (Wildman–Crippen LogP) is 3.95. The fourth-order valence-corrected chi connectivity index (χ4v) is 2.88. The van der Waals surface area contributed by atoms with Gasteiger partial charge in [-0.2, -0.15) is 0 Å². The van der Waals surface area contributed by atoms with E-state index in [9.17, 15) is 9.59 Å². The molecule has 0 atom stereocenters. The lowest BCUT2D eigenvalue weighted by molar-refractivity contribution is 0.0989. The minimum atomic E-state index is -0.450. The highest BCUT2D eigenvalue weighted by molar-refractivity contribution is 6.01. The Morgan fingerprint density at radius 1 is 1.03 bits per heavy atom. The lowest BCUT2D eigenvalue weighted by Crippen LogP contribution is -2.12. The van der Waals surface area contributed by atoms with Gasteiger partial charge >= 0.3 is 0 Å². The summed E-state index contributed by atoms with van der Waals surface area (Å²) >= 11 is 0. The molecule has 0 bridgehead atoms. The summed E-state index contributed by atoms with van der Waals surface area (Å²) in [5.74, 6) is 0.955. The number of hydrogen-bond acceptors (Lipinski definition) is 6. The molecule has 0 aliphatic heterocycles. The Bertz CT molecular complexity index is 1180. The largest absolute Gasteiger partial charge is 0.486 e. The van der Waals surface area contributed by atoms with Gasteiger partial charge in [-0.3, -0.25) is 14.9 Å². The van der Waals surface area contributed by atoms with E-state index in [1.807, 2.05) is 30.3 Å². The summed E-state index contributed by atoms with van der Waals surface area (Å²) in [7, 11) is 0. The molecule has 4 rings (SSSR count). The minimum Gasteiger partial charge on any atom is -0.486 e. The Hall–Kier alpha value is -4.20. The first-order valence-corrected chi connectivity index (χ1v) is 9.64. The molecule has 0 saturated carbocycles. The van der Waals surface area contributed by atoms with Crippen LogP contribution in [0.3, 0.4) is 0 Å². The molecule has 0 fully saturated rings. The number of amides is 1. The maximum atomic E-state index is 12.4. The van der Waals surface area contributed by atoms with Gasteiger partial charge < -0.3 is 9.15 Å². The van der Waals surface area contributed by atoms with Crippen molar-refractivity contribution in [2.24, 2.45) is 0 Å². The van der Waals surface area contributed by atoms with E-state index in [0.29, 0.717) is 23.6 Å². The fourth-order valence-electron chi connectivity index (χ4n) is 2.88. The van der Waals surface area contributed by atoms with Crippen molar-refractivity contribution in [3.8, 4) is 5.75 Å². The summed E-state index contributed by atoms with van der Waals surface area (Å²) in [5.41, 5.74) is 1.70. The SMILES string of the molecule is CC(=O)c1ccc(OCc2ccc(C(=O)Nc3ncn(Cc4ccccc4)n3)o2)cc1. The molecule has 2 heterocycles. The first-order chi connectivity index (χ1) is 15.1.